The zero-order valence-corrected chi connectivity index (χ0v) is 26.2. The molecule has 1 heterocycles. The number of rotatable bonds is 11. The van der Waals surface area contributed by atoms with E-state index in [1.54, 1.807) is 0 Å². The Morgan fingerprint density at radius 3 is 2.40 bits per heavy atom. The topological polar surface area (TPSA) is 246 Å². The number of aliphatic hydroxyl groups is 3. The Hall–Kier alpha value is -4.41. The highest BCUT2D eigenvalue weighted by Gasteiger charge is 2.50. The molecule has 48 heavy (non-hydrogen) atoms. The Kier molecular flexibility index (Phi) is 9.89. The number of hydrogen-bond acceptors (Lipinski definition) is 13. The molecule has 7 N–H and O–H groups in total. The van der Waals surface area contributed by atoms with Gasteiger partial charge in [-0.25, -0.2) is 0 Å². The molecule has 2 aromatic carbocycles. The monoisotopic (exact) mass is 671 g/mol. The predicted octanol–water partition coefficient (Wildman–Crippen LogP) is 0.804. The van der Waals surface area contributed by atoms with Gasteiger partial charge in [-0.1, -0.05) is 12.1 Å². The lowest BCUT2D eigenvalue weighted by Gasteiger charge is -2.43. The average Bonchev–Trinajstić information content (AvgIpc) is 3.04. The Morgan fingerprint density at radius 2 is 1.73 bits per heavy atom. The third-order valence-electron chi connectivity index (χ3n) is 9.15. The van der Waals surface area contributed by atoms with Crippen molar-refractivity contribution >= 4 is 29.2 Å². The Labute approximate surface area is 274 Å². The zero-order valence-electron chi connectivity index (χ0n) is 26.2. The largest absolute Gasteiger partial charge is 0.507 e. The highest BCUT2D eigenvalue weighted by Crippen LogP contribution is 2.52. The van der Waals surface area contributed by atoms with Crippen LogP contribution in [0.15, 0.2) is 18.2 Å². The minimum atomic E-state index is -2.34. The van der Waals surface area contributed by atoms with E-state index in [1.807, 2.05) is 0 Å². The quantitative estimate of drug-likeness (QED) is 0.110. The number of aliphatic carboxylic acids is 1. The van der Waals surface area contributed by atoms with Gasteiger partial charge in [0.25, 0.3) is 0 Å². The maximum Gasteiger partial charge on any atom is 0.303 e. The van der Waals surface area contributed by atoms with Crippen molar-refractivity contribution in [3.05, 3.63) is 51.6 Å². The first-order valence-corrected chi connectivity index (χ1v) is 15.5. The van der Waals surface area contributed by atoms with E-state index < -0.39 is 108 Å². The second-order valence-electron chi connectivity index (χ2n) is 12.3. The van der Waals surface area contributed by atoms with Crippen LogP contribution in [0.3, 0.4) is 0 Å². The van der Waals surface area contributed by atoms with E-state index in [0.29, 0.717) is 6.42 Å². The molecule has 1 saturated heterocycles. The second kappa shape index (κ2) is 13.6. The number of carboxylic acid groups (broad SMARTS) is 1. The fourth-order valence-corrected chi connectivity index (χ4v) is 6.70. The summed E-state index contributed by atoms with van der Waals surface area (Å²) in [5.41, 5.74) is -4.07. The van der Waals surface area contributed by atoms with Crippen molar-refractivity contribution in [2.75, 3.05) is 13.7 Å². The van der Waals surface area contributed by atoms with Crippen LogP contribution in [-0.2, 0) is 30.3 Å². The van der Waals surface area contributed by atoms with Gasteiger partial charge < -0.3 is 50.2 Å². The van der Waals surface area contributed by atoms with E-state index in [9.17, 15) is 49.5 Å². The summed E-state index contributed by atoms with van der Waals surface area (Å²) in [7, 11) is 1.30. The van der Waals surface area contributed by atoms with Gasteiger partial charge in [0.05, 0.1) is 42.0 Å². The molecule has 2 aliphatic carbocycles. The van der Waals surface area contributed by atoms with Crippen molar-refractivity contribution in [1.82, 2.24) is 5.32 Å². The summed E-state index contributed by atoms with van der Waals surface area (Å²) < 4.78 is 17.3. The number of carbonyl (C=O) groups is 5. The third kappa shape index (κ3) is 6.26. The summed E-state index contributed by atoms with van der Waals surface area (Å²) in [5, 5.41) is 66.5. The van der Waals surface area contributed by atoms with Gasteiger partial charge in [0, 0.05) is 48.8 Å². The van der Waals surface area contributed by atoms with Crippen LogP contribution in [0.1, 0.15) is 94.5 Å². The number of nitrogens with one attached hydrogen (secondary N) is 1. The van der Waals surface area contributed by atoms with Gasteiger partial charge in [0.1, 0.15) is 35.6 Å². The molecule has 5 rings (SSSR count). The van der Waals surface area contributed by atoms with Crippen molar-refractivity contribution in [3.63, 3.8) is 0 Å². The molecular formula is C33H37NO14. The Morgan fingerprint density at radius 1 is 1.04 bits per heavy atom. The number of amides is 1. The van der Waals surface area contributed by atoms with Crippen molar-refractivity contribution in [2.45, 2.75) is 88.1 Å². The molecule has 15 heteroatoms. The summed E-state index contributed by atoms with van der Waals surface area (Å²) in [6, 6.07) is 3.39. The van der Waals surface area contributed by atoms with Crippen LogP contribution in [0.2, 0.25) is 0 Å². The normalized spacial score (nSPS) is 26.2. The van der Waals surface area contributed by atoms with Crippen molar-refractivity contribution in [1.29, 1.82) is 0 Å². The van der Waals surface area contributed by atoms with Crippen LogP contribution < -0.4 is 10.1 Å². The third-order valence-corrected chi connectivity index (χ3v) is 9.15. The highest BCUT2D eigenvalue weighted by atomic mass is 16.7. The van der Waals surface area contributed by atoms with Crippen LogP contribution >= 0.6 is 0 Å². The lowest BCUT2D eigenvalue weighted by Crippen LogP contribution is -2.55. The van der Waals surface area contributed by atoms with E-state index in [1.165, 1.54) is 32.2 Å². The van der Waals surface area contributed by atoms with Gasteiger partial charge >= 0.3 is 5.97 Å². The lowest BCUT2D eigenvalue weighted by molar-refractivity contribution is -0.249. The number of aromatic hydroxyl groups is 2. The van der Waals surface area contributed by atoms with Crippen LogP contribution in [0.5, 0.6) is 17.2 Å². The van der Waals surface area contributed by atoms with E-state index in [-0.39, 0.29) is 53.7 Å². The lowest BCUT2D eigenvalue weighted by atomic mass is 9.72. The number of carboxylic acids is 1. The van der Waals surface area contributed by atoms with Gasteiger partial charge in [-0.05, 0) is 25.8 Å². The first-order chi connectivity index (χ1) is 22.7. The van der Waals surface area contributed by atoms with Crippen LogP contribution in [0.4, 0.5) is 0 Å². The van der Waals surface area contributed by atoms with E-state index in [2.05, 4.69) is 5.32 Å². The van der Waals surface area contributed by atoms with Crippen molar-refractivity contribution < 1.29 is 68.8 Å². The number of phenolic OH excluding ortho intramolecular Hbond substituents is 2. The van der Waals surface area contributed by atoms with Crippen LogP contribution in [0, 0.1) is 0 Å². The van der Waals surface area contributed by atoms with E-state index in [4.69, 9.17) is 19.3 Å². The highest BCUT2D eigenvalue weighted by molar-refractivity contribution is 6.31. The first kappa shape index (κ1) is 34.9. The molecule has 0 bridgehead atoms. The molecule has 1 aliphatic heterocycles. The van der Waals surface area contributed by atoms with Crippen molar-refractivity contribution in [3.8, 4) is 17.2 Å². The summed E-state index contributed by atoms with van der Waals surface area (Å²) in [6.07, 6.45) is -5.65. The number of phenols is 2. The minimum Gasteiger partial charge on any atom is -0.507 e. The summed E-state index contributed by atoms with van der Waals surface area (Å²) >= 11 is 0. The molecule has 1 fully saturated rings. The summed E-state index contributed by atoms with van der Waals surface area (Å²) in [6.45, 7) is 0.436. The fourth-order valence-electron chi connectivity index (χ4n) is 6.70. The molecule has 2 aromatic rings. The molecule has 0 radical (unpaired) electrons. The summed E-state index contributed by atoms with van der Waals surface area (Å²) in [5.74, 6) is -5.53. The van der Waals surface area contributed by atoms with E-state index >= 15 is 0 Å². The van der Waals surface area contributed by atoms with Gasteiger partial charge in [0.15, 0.2) is 17.9 Å². The van der Waals surface area contributed by atoms with Crippen LogP contribution in [-0.4, -0.2) is 104 Å². The molecule has 258 valence electrons. The SMILES string of the molecule is COc1cccc2c1C(=O)c1c(O)c3c(c(O)c1C2=O)CC(O)(C(=O)CO)CC3OC1CC(NC(=O)CCCCC(=O)O)C(O)C(C)O1. The number of methoxy groups -OCH3 is 1. The number of ether oxygens (including phenoxy) is 3. The predicted molar refractivity (Wildman–Crippen MR) is 162 cm³/mol. The molecule has 15 nitrogen and oxygen atoms in total. The molecule has 3 aliphatic rings. The number of carbonyl (C=O) groups excluding carboxylic acids is 4. The second-order valence-corrected chi connectivity index (χ2v) is 12.3. The fraction of sp³-hybridized carbons (Fsp3) is 0.485. The number of unbranched alkanes of at least 4 members (excludes halogenated alkanes) is 1. The summed E-state index contributed by atoms with van der Waals surface area (Å²) in [4.78, 5) is 63.6. The van der Waals surface area contributed by atoms with Crippen LogP contribution in [0.25, 0.3) is 0 Å². The molecule has 6 unspecified atom stereocenters. The van der Waals surface area contributed by atoms with Crippen molar-refractivity contribution in [2.24, 2.45) is 0 Å². The van der Waals surface area contributed by atoms with Gasteiger partial charge in [-0.15, -0.1) is 0 Å². The molecule has 0 aromatic heterocycles. The van der Waals surface area contributed by atoms with Gasteiger partial charge in [-0.3, -0.25) is 24.0 Å². The number of Topliss-reactive ketones (excluding diaryl/α,β-unsaturated/α-hetero) is 1. The van der Waals surface area contributed by atoms with Gasteiger partial charge in [0.2, 0.25) is 11.7 Å². The molecule has 1 amide bonds. The Bertz CT molecular complexity index is 1670. The number of hydrogen-bond donors (Lipinski definition) is 7. The molecular weight excluding hydrogens is 634 g/mol. The van der Waals surface area contributed by atoms with E-state index in [0.717, 1.165) is 0 Å². The molecule has 6 atom stereocenters. The standard InChI is InChI=1S/C33H37NO14/c1-14-28(40)17(34-21(37)8-3-4-9-22(38)39)10-23(47-14)48-19-12-33(45,20(36)13-35)11-16-25(19)32(44)27-26(30(16)42)29(41)15-6-5-7-18(46-2)24(15)31(27)43/h5-7,14,17,19,23,28,35,40,42,44-45H,3-4,8-13H2,1-2H3,(H,34,37)(H,38,39). The minimum absolute atomic E-state index is 0.00247. The number of ketones is 3. The number of benzene rings is 2. The first-order valence-electron chi connectivity index (χ1n) is 15.5. The molecule has 0 saturated carbocycles. The number of aliphatic hydroxyl groups excluding tert-OH is 2. The zero-order chi connectivity index (χ0) is 35.1. The average molecular weight is 672 g/mol. The maximum absolute atomic E-state index is 13.8. The van der Waals surface area contributed by atoms with Gasteiger partial charge in [-0.2, -0.15) is 0 Å². The maximum atomic E-state index is 13.8. The molecule has 0 spiro atoms. The smallest absolute Gasteiger partial charge is 0.303 e. The Balaban J connectivity index is 1.51. The number of fused-ring (bicyclic) bond motifs is 3.